The van der Waals surface area contributed by atoms with Crippen LogP contribution in [0, 0.1) is 0 Å². The fraction of sp³-hybridized carbons (Fsp3) is 0.706. The van der Waals surface area contributed by atoms with E-state index in [9.17, 15) is 4.79 Å². The van der Waals surface area contributed by atoms with Gasteiger partial charge >= 0.3 is 0 Å². The molecular weight excluding hydrogens is 296 g/mol. The summed E-state index contributed by atoms with van der Waals surface area (Å²) < 4.78 is 16.0. The highest BCUT2D eigenvalue weighted by Crippen LogP contribution is 2.21. The average Bonchev–Trinajstić information content (AvgIpc) is 2.58. The molecule has 2 aliphatic rings. The minimum absolute atomic E-state index is 0.115. The van der Waals surface area contributed by atoms with Gasteiger partial charge in [0, 0.05) is 31.7 Å². The number of morpholine rings is 1. The SMILES string of the molecule is COc1coc(CN2CCCC[C@H]2CN2CCOCC2)cc1=O. The third kappa shape index (κ3) is 4.34. The van der Waals surface area contributed by atoms with Crippen molar-refractivity contribution >= 4 is 0 Å². The van der Waals surface area contributed by atoms with Crippen LogP contribution in [0.2, 0.25) is 0 Å². The van der Waals surface area contributed by atoms with Gasteiger partial charge in [0.2, 0.25) is 11.2 Å². The molecule has 0 radical (unpaired) electrons. The zero-order chi connectivity index (χ0) is 16.1. The van der Waals surface area contributed by atoms with E-state index in [-0.39, 0.29) is 11.2 Å². The van der Waals surface area contributed by atoms with Crippen molar-refractivity contribution in [3.05, 3.63) is 28.3 Å². The van der Waals surface area contributed by atoms with Gasteiger partial charge in [-0.2, -0.15) is 0 Å². The number of ether oxygens (including phenoxy) is 2. The summed E-state index contributed by atoms with van der Waals surface area (Å²) in [7, 11) is 1.48. The maximum Gasteiger partial charge on any atom is 0.227 e. The molecule has 0 N–H and O–H groups in total. The molecule has 3 rings (SSSR count). The number of piperidine rings is 1. The van der Waals surface area contributed by atoms with Crippen LogP contribution in [0.4, 0.5) is 0 Å². The van der Waals surface area contributed by atoms with E-state index < -0.39 is 0 Å². The zero-order valence-corrected chi connectivity index (χ0v) is 13.8. The lowest BCUT2D eigenvalue weighted by atomic mass is 10.0. The Kier molecular flexibility index (Phi) is 5.70. The monoisotopic (exact) mass is 322 g/mol. The summed E-state index contributed by atoms with van der Waals surface area (Å²) in [5.74, 6) is 0.974. The van der Waals surface area contributed by atoms with Crippen LogP contribution in [0.5, 0.6) is 5.75 Å². The van der Waals surface area contributed by atoms with E-state index in [1.807, 2.05) is 0 Å². The fourth-order valence-electron chi connectivity index (χ4n) is 3.43. The first-order valence-corrected chi connectivity index (χ1v) is 8.46. The van der Waals surface area contributed by atoms with Crippen LogP contribution in [0.3, 0.4) is 0 Å². The summed E-state index contributed by atoms with van der Waals surface area (Å²) >= 11 is 0. The topological polar surface area (TPSA) is 55.1 Å². The molecule has 1 aromatic rings. The second kappa shape index (κ2) is 7.95. The molecule has 128 valence electrons. The van der Waals surface area contributed by atoms with Gasteiger partial charge in [0.25, 0.3) is 0 Å². The Balaban J connectivity index is 1.63. The van der Waals surface area contributed by atoms with E-state index in [4.69, 9.17) is 13.9 Å². The highest BCUT2D eigenvalue weighted by atomic mass is 16.5. The molecular formula is C17H26N2O4. The third-order valence-electron chi connectivity index (χ3n) is 4.75. The van der Waals surface area contributed by atoms with Crippen LogP contribution < -0.4 is 10.2 Å². The fourth-order valence-corrected chi connectivity index (χ4v) is 3.43. The number of hydrogen-bond acceptors (Lipinski definition) is 6. The Morgan fingerprint density at radius 2 is 2.09 bits per heavy atom. The minimum Gasteiger partial charge on any atom is -0.490 e. The molecule has 3 heterocycles. The van der Waals surface area contributed by atoms with E-state index in [2.05, 4.69) is 9.80 Å². The van der Waals surface area contributed by atoms with Gasteiger partial charge in [-0.15, -0.1) is 0 Å². The smallest absolute Gasteiger partial charge is 0.227 e. The quantitative estimate of drug-likeness (QED) is 0.815. The molecule has 0 amide bonds. The van der Waals surface area contributed by atoms with Gasteiger partial charge in [-0.3, -0.25) is 14.6 Å². The molecule has 23 heavy (non-hydrogen) atoms. The van der Waals surface area contributed by atoms with Crippen molar-refractivity contribution in [1.82, 2.24) is 9.80 Å². The van der Waals surface area contributed by atoms with Crippen molar-refractivity contribution in [3.63, 3.8) is 0 Å². The van der Waals surface area contributed by atoms with Crippen LogP contribution in [0.25, 0.3) is 0 Å². The molecule has 0 bridgehead atoms. The van der Waals surface area contributed by atoms with E-state index in [0.29, 0.717) is 18.3 Å². The highest BCUT2D eigenvalue weighted by Gasteiger charge is 2.26. The summed E-state index contributed by atoms with van der Waals surface area (Å²) in [6.07, 6.45) is 5.11. The Hall–Kier alpha value is -1.37. The van der Waals surface area contributed by atoms with Crippen molar-refractivity contribution in [2.75, 3.05) is 46.5 Å². The standard InChI is InChI=1S/C17H26N2O4/c1-21-17-13-23-15(10-16(17)20)12-19-5-3-2-4-14(19)11-18-6-8-22-9-7-18/h10,13-14H,2-9,11-12H2,1H3/t14-/m0/s1. The second-order valence-electron chi connectivity index (χ2n) is 6.31. The van der Waals surface area contributed by atoms with Gasteiger partial charge in [0.15, 0.2) is 0 Å². The number of rotatable bonds is 5. The predicted molar refractivity (Wildman–Crippen MR) is 86.8 cm³/mol. The first-order valence-electron chi connectivity index (χ1n) is 8.46. The Morgan fingerprint density at radius 3 is 2.83 bits per heavy atom. The maximum absolute atomic E-state index is 11.9. The molecule has 6 heteroatoms. The van der Waals surface area contributed by atoms with Crippen molar-refractivity contribution in [2.45, 2.75) is 31.8 Å². The third-order valence-corrected chi connectivity index (χ3v) is 4.75. The van der Waals surface area contributed by atoms with Gasteiger partial charge in [0.1, 0.15) is 12.0 Å². The van der Waals surface area contributed by atoms with Crippen LogP contribution in [-0.4, -0.2) is 62.3 Å². The molecule has 1 atom stereocenters. The number of nitrogens with zero attached hydrogens (tertiary/aromatic N) is 2. The van der Waals surface area contributed by atoms with Crippen molar-refractivity contribution in [1.29, 1.82) is 0 Å². The number of hydrogen-bond donors (Lipinski definition) is 0. The van der Waals surface area contributed by atoms with Gasteiger partial charge < -0.3 is 13.9 Å². The summed E-state index contributed by atoms with van der Waals surface area (Å²) in [5, 5.41) is 0. The normalized spacial score (nSPS) is 23.8. The minimum atomic E-state index is -0.115. The molecule has 0 spiro atoms. The Labute approximate surface area is 137 Å². The summed E-state index contributed by atoms with van der Waals surface area (Å²) in [5.41, 5.74) is -0.115. The Bertz CT molecular complexity index is 554. The molecule has 0 unspecified atom stereocenters. The van der Waals surface area contributed by atoms with Crippen molar-refractivity contribution in [2.24, 2.45) is 0 Å². The summed E-state index contributed by atoms with van der Waals surface area (Å²) in [6.45, 7) is 6.52. The summed E-state index contributed by atoms with van der Waals surface area (Å²) in [4.78, 5) is 16.8. The maximum atomic E-state index is 11.9. The van der Waals surface area contributed by atoms with Gasteiger partial charge in [-0.05, 0) is 19.4 Å². The molecule has 6 nitrogen and oxygen atoms in total. The first kappa shape index (κ1) is 16.5. The van der Waals surface area contributed by atoms with E-state index in [1.54, 1.807) is 6.07 Å². The lowest BCUT2D eigenvalue weighted by molar-refractivity contribution is 0.0141. The highest BCUT2D eigenvalue weighted by molar-refractivity contribution is 5.17. The van der Waals surface area contributed by atoms with Gasteiger partial charge in [-0.25, -0.2) is 0 Å². The number of methoxy groups -OCH3 is 1. The largest absolute Gasteiger partial charge is 0.490 e. The van der Waals surface area contributed by atoms with Crippen molar-refractivity contribution in [3.8, 4) is 5.75 Å². The van der Waals surface area contributed by atoms with Crippen LogP contribution >= 0.6 is 0 Å². The van der Waals surface area contributed by atoms with Crippen LogP contribution in [-0.2, 0) is 11.3 Å². The van der Waals surface area contributed by atoms with Gasteiger partial charge in [0.05, 0.1) is 26.9 Å². The predicted octanol–water partition coefficient (Wildman–Crippen LogP) is 1.34. The zero-order valence-electron chi connectivity index (χ0n) is 13.8. The van der Waals surface area contributed by atoms with Crippen molar-refractivity contribution < 1.29 is 13.9 Å². The van der Waals surface area contributed by atoms with E-state index in [1.165, 1.54) is 32.6 Å². The first-order chi connectivity index (χ1) is 11.3. The molecule has 2 fully saturated rings. The number of likely N-dealkylation sites (tertiary alicyclic amines) is 1. The molecule has 0 saturated carbocycles. The van der Waals surface area contributed by atoms with Crippen LogP contribution in [0.15, 0.2) is 21.5 Å². The summed E-state index contributed by atoms with van der Waals surface area (Å²) in [6, 6.07) is 2.08. The lowest BCUT2D eigenvalue weighted by Gasteiger charge is -2.39. The molecule has 0 aliphatic carbocycles. The molecule has 1 aromatic heterocycles. The molecule has 2 aliphatic heterocycles. The molecule has 0 aromatic carbocycles. The second-order valence-corrected chi connectivity index (χ2v) is 6.31. The van der Waals surface area contributed by atoms with Gasteiger partial charge in [-0.1, -0.05) is 6.42 Å². The Morgan fingerprint density at radius 1 is 1.26 bits per heavy atom. The molecule has 2 saturated heterocycles. The van der Waals surface area contributed by atoms with E-state index in [0.717, 1.165) is 39.4 Å². The lowest BCUT2D eigenvalue weighted by Crippen LogP contribution is -2.49. The van der Waals surface area contributed by atoms with Crippen LogP contribution in [0.1, 0.15) is 25.0 Å². The average molecular weight is 322 g/mol. The van der Waals surface area contributed by atoms with E-state index >= 15 is 0 Å².